The lowest BCUT2D eigenvalue weighted by Gasteiger charge is -2.16. The number of benzene rings is 1. The summed E-state index contributed by atoms with van der Waals surface area (Å²) >= 11 is 6.19. The third-order valence-electron chi connectivity index (χ3n) is 2.85. The van der Waals surface area contributed by atoms with Gasteiger partial charge in [0.25, 0.3) is 0 Å². The van der Waals surface area contributed by atoms with E-state index in [9.17, 15) is 0 Å². The van der Waals surface area contributed by atoms with Crippen LogP contribution in [0.3, 0.4) is 0 Å². The van der Waals surface area contributed by atoms with Crippen molar-refractivity contribution in [3.05, 3.63) is 35.2 Å². The van der Waals surface area contributed by atoms with Crippen LogP contribution in [0, 0.1) is 0 Å². The van der Waals surface area contributed by atoms with E-state index in [2.05, 4.69) is 30.7 Å². The van der Waals surface area contributed by atoms with Gasteiger partial charge in [-0.2, -0.15) is 0 Å². The number of nitrogens with zero attached hydrogens (tertiary/aromatic N) is 2. The summed E-state index contributed by atoms with van der Waals surface area (Å²) in [5, 5.41) is 1.35. The third kappa shape index (κ3) is 1.66. The van der Waals surface area contributed by atoms with Crippen LogP contribution in [-0.4, -0.2) is 9.97 Å². The second kappa shape index (κ2) is 3.69. The molecule has 0 saturated heterocycles. The van der Waals surface area contributed by atoms with Crippen LogP contribution in [0.5, 0.6) is 0 Å². The molecule has 0 radical (unpaired) electrons. The number of hydrogen-bond donors (Lipinski definition) is 0. The first-order chi connectivity index (χ1) is 8.47. The van der Waals surface area contributed by atoms with Gasteiger partial charge in [0.2, 0.25) is 0 Å². The molecule has 18 heavy (non-hydrogen) atoms. The zero-order valence-corrected chi connectivity index (χ0v) is 11.2. The number of fused-ring (bicyclic) bond motifs is 3. The van der Waals surface area contributed by atoms with Crippen molar-refractivity contribution in [2.45, 2.75) is 26.2 Å². The molecule has 3 aromatic rings. The van der Waals surface area contributed by atoms with E-state index in [0.717, 1.165) is 22.3 Å². The fraction of sp³-hybridized carbons (Fsp3) is 0.286. The zero-order valence-electron chi connectivity index (χ0n) is 10.5. The Hall–Kier alpha value is -1.61. The van der Waals surface area contributed by atoms with Crippen molar-refractivity contribution in [1.82, 2.24) is 9.97 Å². The molecule has 0 bridgehead atoms. The van der Waals surface area contributed by atoms with Crippen LogP contribution in [-0.2, 0) is 5.41 Å². The van der Waals surface area contributed by atoms with E-state index in [1.807, 2.05) is 24.3 Å². The fourth-order valence-electron chi connectivity index (χ4n) is 1.89. The van der Waals surface area contributed by atoms with Gasteiger partial charge in [0.15, 0.2) is 10.7 Å². The summed E-state index contributed by atoms with van der Waals surface area (Å²) in [5.41, 5.74) is 1.99. The lowest BCUT2D eigenvalue weighted by atomic mass is 9.96. The molecular formula is C14H13ClN2O. The normalized spacial score (nSPS) is 12.4. The van der Waals surface area contributed by atoms with E-state index >= 15 is 0 Å². The highest BCUT2D eigenvalue weighted by atomic mass is 35.5. The quantitative estimate of drug-likeness (QED) is 0.565. The monoisotopic (exact) mass is 260 g/mol. The number of rotatable bonds is 0. The summed E-state index contributed by atoms with van der Waals surface area (Å²) in [7, 11) is 0. The molecule has 0 N–H and O–H groups in total. The highest BCUT2D eigenvalue weighted by Gasteiger charge is 2.21. The molecule has 0 aliphatic carbocycles. The maximum Gasteiger partial charge on any atom is 0.191 e. The zero-order chi connectivity index (χ0) is 12.9. The Morgan fingerprint density at radius 3 is 2.56 bits per heavy atom. The highest BCUT2D eigenvalue weighted by molar-refractivity contribution is 6.34. The van der Waals surface area contributed by atoms with E-state index in [-0.39, 0.29) is 5.41 Å². The average molecular weight is 261 g/mol. The first-order valence-electron chi connectivity index (χ1n) is 5.82. The Morgan fingerprint density at radius 1 is 1.11 bits per heavy atom. The van der Waals surface area contributed by atoms with Gasteiger partial charge in [0, 0.05) is 10.8 Å². The topological polar surface area (TPSA) is 38.9 Å². The van der Waals surface area contributed by atoms with Crippen LogP contribution in [0.1, 0.15) is 26.6 Å². The summed E-state index contributed by atoms with van der Waals surface area (Å²) < 4.78 is 5.69. The number of hydrogen-bond acceptors (Lipinski definition) is 3. The van der Waals surface area contributed by atoms with Crippen LogP contribution < -0.4 is 0 Å². The molecule has 3 nitrogen and oxygen atoms in total. The molecule has 4 heteroatoms. The lowest BCUT2D eigenvalue weighted by Crippen LogP contribution is -2.15. The average Bonchev–Trinajstić information content (AvgIpc) is 2.67. The van der Waals surface area contributed by atoms with Crippen LogP contribution in [0.15, 0.2) is 28.7 Å². The van der Waals surface area contributed by atoms with Crippen molar-refractivity contribution < 1.29 is 4.42 Å². The van der Waals surface area contributed by atoms with Gasteiger partial charge in [-0.3, -0.25) is 0 Å². The van der Waals surface area contributed by atoms with Crippen LogP contribution in [0.25, 0.3) is 22.1 Å². The van der Waals surface area contributed by atoms with Gasteiger partial charge >= 0.3 is 0 Å². The maximum atomic E-state index is 6.19. The van der Waals surface area contributed by atoms with Crippen molar-refractivity contribution in [1.29, 1.82) is 0 Å². The summed E-state index contributed by atoms with van der Waals surface area (Å²) in [5.74, 6) is 0.728. The second-order valence-corrected chi connectivity index (χ2v) is 5.72. The SMILES string of the molecule is CC(C)(C)c1nc(Cl)c2oc3ccccc3c2n1. The summed E-state index contributed by atoms with van der Waals surface area (Å²) in [6.07, 6.45) is 0. The highest BCUT2D eigenvalue weighted by Crippen LogP contribution is 2.32. The predicted molar refractivity (Wildman–Crippen MR) is 73.0 cm³/mol. The van der Waals surface area contributed by atoms with E-state index in [1.165, 1.54) is 0 Å². The minimum Gasteiger partial charge on any atom is -0.451 e. The lowest BCUT2D eigenvalue weighted by molar-refractivity contribution is 0.546. The summed E-state index contributed by atoms with van der Waals surface area (Å²) in [6, 6.07) is 7.78. The van der Waals surface area contributed by atoms with Gasteiger partial charge in [-0.15, -0.1) is 0 Å². The number of halogens is 1. The minimum absolute atomic E-state index is 0.143. The second-order valence-electron chi connectivity index (χ2n) is 5.36. The van der Waals surface area contributed by atoms with Gasteiger partial charge in [-0.05, 0) is 12.1 Å². The van der Waals surface area contributed by atoms with Crippen LogP contribution >= 0.6 is 11.6 Å². The van der Waals surface area contributed by atoms with Crippen LogP contribution in [0.4, 0.5) is 0 Å². The van der Waals surface area contributed by atoms with Crippen molar-refractivity contribution in [3.8, 4) is 0 Å². The van der Waals surface area contributed by atoms with E-state index in [1.54, 1.807) is 0 Å². The molecule has 2 heterocycles. The van der Waals surface area contributed by atoms with Gasteiger partial charge in [0.05, 0.1) is 0 Å². The first kappa shape index (κ1) is 11.5. The molecular weight excluding hydrogens is 248 g/mol. The van der Waals surface area contributed by atoms with E-state index in [4.69, 9.17) is 16.0 Å². The largest absolute Gasteiger partial charge is 0.451 e. The standard InChI is InChI=1S/C14H13ClN2O/c1-14(2,3)13-16-10-8-6-4-5-7-9(8)18-11(10)12(15)17-13/h4-7H,1-3H3. The molecule has 3 rings (SSSR count). The van der Waals surface area contributed by atoms with Crippen LogP contribution in [0.2, 0.25) is 5.15 Å². The number of para-hydroxylation sites is 1. The Balaban J connectivity index is 2.44. The minimum atomic E-state index is -0.143. The van der Waals surface area contributed by atoms with Crippen molar-refractivity contribution in [2.24, 2.45) is 0 Å². The molecule has 0 saturated carbocycles. The van der Waals surface area contributed by atoms with Gasteiger partial charge in [0.1, 0.15) is 16.9 Å². The van der Waals surface area contributed by atoms with Crippen molar-refractivity contribution >= 4 is 33.7 Å². The van der Waals surface area contributed by atoms with Crippen molar-refractivity contribution in [3.63, 3.8) is 0 Å². The van der Waals surface area contributed by atoms with Gasteiger partial charge in [-0.25, -0.2) is 9.97 Å². The Labute approximate surface area is 110 Å². The summed E-state index contributed by atoms with van der Waals surface area (Å²) in [6.45, 7) is 6.19. The molecule has 0 spiro atoms. The Kier molecular flexibility index (Phi) is 2.35. The smallest absolute Gasteiger partial charge is 0.191 e. The summed E-state index contributed by atoms with van der Waals surface area (Å²) in [4.78, 5) is 8.93. The van der Waals surface area contributed by atoms with Gasteiger partial charge < -0.3 is 4.42 Å². The third-order valence-corrected chi connectivity index (χ3v) is 3.11. The van der Waals surface area contributed by atoms with E-state index < -0.39 is 0 Å². The molecule has 0 aliphatic heterocycles. The molecule has 0 unspecified atom stereocenters. The molecule has 1 aromatic carbocycles. The van der Waals surface area contributed by atoms with E-state index in [0.29, 0.717) is 10.7 Å². The molecule has 2 aromatic heterocycles. The first-order valence-corrected chi connectivity index (χ1v) is 6.20. The maximum absolute atomic E-state index is 6.19. The number of aromatic nitrogens is 2. The molecule has 0 amide bonds. The predicted octanol–water partition coefficient (Wildman–Crippen LogP) is 4.33. The number of furan rings is 1. The molecule has 0 aliphatic rings. The molecule has 0 atom stereocenters. The van der Waals surface area contributed by atoms with Gasteiger partial charge in [-0.1, -0.05) is 44.5 Å². The Morgan fingerprint density at radius 2 is 1.83 bits per heavy atom. The molecule has 92 valence electrons. The molecule has 0 fully saturated rings. The van der Waals surface area contributed by atoms with Crippen molar-refractivity contribution in [2.75, 3.05) is 0 Å². The Bertz CT molecular complexity index is 740. The fourth-order valence-corrected chi connectivity index (χ4v) is 2.10.